The molecule has 4 nitrogen and oxygen atoms in total. The minimum atomic E-state index is 0.227. The standard InChI is InChI=1S/C21H29NO3/c23-15-6-4-13-22(14-5-7-16-24)20-11-8-12-21(17-20)25-18-19-9-2-1-3-10-19/h1-3,8-12,17,23-24H,4-7,13-16,18H2. The summed E-state index contributed by atoms with van der Waals surface area (Å²) in [6, 6.07) is 18.3. The van der Waals surface area contributed by atoms with E-state index in [-0.39, 0.29) is 13.2 Å². The van der Waals surface area contributed by atoms with Gasteiger partial charge < -0.3 is 19.8 Å². The van der Waals surface area contributed by atoms with Crippen LogP contribution >= 0.6 is 0 Å². The molecule has 0 bridgehead atoms. The lowest BCUT2D eigenvalue weighted by atomic mass is 10.2. The van der Waals surface area contributed by atoms with E-state index < -0.39 is 0 Å². The van der Waals surface area contributed by atoms with Crippen molar-refractivity contribution in [3.63, 3.8) is 0 Å². The Bertz CT molecular complexity index is 579. The summed E-state index contributed by atoms with van der Waals surface area (Å²) in [5, 5.41) is 18.0. The molecule has 0 saturated heterocycles. The molecule has 0 aliphatic carbocycles. The molecule has 0 unspecified atom stereocenters. The van der Waals surface area contributed by atoms with Crippen LogP contribution in [0.3, 0.4) is 0 Å². The van der Waals surface area contributed by atoms with Crippen LogP contribution in [-0.4, -0.2) is 36.5 Å². The first-order chi connectivity index (χ1) is 12.3. The van der Waals surface area contributed by atoms with Crippen LogP contribution < -0.4 is 9.64 Å². The fraction of sp³-hybridized carbons (Fsp3) is 0.429. The molecule has 136 valence electrons. The fourth-order valence-electron chi connectivity index (χ4n) is 2.71. The number of hydrogen-bond donors (Lipinski definition) is 2. The average Bonchev–Trinajstić information content (AvgIpc) is 2.66. The Balaban J connectivity index is 1.98. The Labute approximate surface area is 150 Å². The molecule has 0 aliphatic heterocycles. The number of nitrogens with zero attached hydrogens (tertiary/aromatic N) is 1. The molecule has 0 radical (unpaired) electrons. The first-order valence-corrected chi connectivity index (χ1v) is 9.07. The zero-order valence-electron chi connectivity index (χ0n) is 14.8. The molecule has 0 aliphatic rings. The van der Waals surface area contributed by atoms with E-state index in [4.69, 9.17) is 14.9 Å². The van der Waals surface area contributed by atoms with Crippen LogP contribution in [0.15, 0.2) is 54.6 Å². The highest BCUT2D eigenvalue weighted by Gasteiger charge is 2.07. The van der Waals surface area contributed by atoms with Crippen LogP contribution in [0.25, 0.3) is 0 Å². The summed E-state index contributed by atoms with van der Waals surface area (Å²) in [6.45, 7) is 2.80. The van der Waals surface area contributed by atoms with E-state index in [2.05, 4.69) is 29.2 Å². The summed E-state index contributed by atoms with van der Waals surface area (Å²) in [7, 11) is 0. The maximum absolute atomic E-state index is 9.01. The van der Waals surface area contributed by atoms with Gasteiger partial charge in [0.25, 0.3) is 0 Å². The third kappa shape index (κ3) is 7.16. The minimum absolute atomic E-state index is 0.227. The summed E-state index contributed by atoms with van der Waals surface area (Å²) in [5.41, 5.74) is 2.28. The van der Waals surface area contributed by atoms with Gasteiger partial charge in [-0.1, -0.05) is 36.4 Å². The molecular weight excluding hydrogens is 314 g/mol. The van der Waals surface area contributed by atoms with Gasteiger partial charge in [0.05, 0.1) is 0 Å². The summed E-state index contributed by atoms with van der Waals surface area (Å²) in [4.78, 5) is 2.31. The Hall–Kier alpha value is -2.04. The molecule has 0 saturated carbocycles. The highest BCUT2D eigenvalue weighted by atomic mass is 16.5. The van der Waals surface area contributed by atoms with Gasteiger partial charge in [-0.05, 0) is 43.4 Å². The molecule has 2 N–H and O–H groups in total. The SMILES string of the molecule is OCCCCN(CCCCO)c1cccc(OCc2ccccc2)c1. The Morgan fingerprint density at radius 2 is 1.44 bits per heavy atom. The number of ether oxygens (including phenoxy) is 1. The number of rotatable bonds is 12. The molecule has 0 atom stereocenters. The number of aliphatic hydroxyl groups excluding tert-OH is 2. The summed E-state index contributed by atoms with van der Waals surface area (Å²) < 4.78 is 5.93. The third-order valence-electron chi connectivity index (χ3n) is 4.10. The first-order valence-electron chi connectivity index (χ1n) is 9.07. The fourth-order valence-corrected chi connectivity index (χ4v) is 2.71. The van der Waals surface area contributed by atoms with Gasteiger partial charge in [-0.15, -0.1) is 0 Å². The maximum atomic E-state index is 9.01. The van der Waals surface area contributed by atoms with Crippen molar-refractivity contribution >= 4 is 5.69 Å². The van der Waals surface area contributed by atoms with E-state index >= 15 is 0 Å². The normalized spacial score (nSPS) is 10.6. The number of hydrogen-bond acceptors (Lipinski definition) is 4. The molecule has 2 rings (SSSR count). The van der Waals surface area contributed by atoms with Crippen molar-refractivity contribution in [3.8, 4) is 5.75 Å². The van der Waals surface area contributed by atoms with Gasteiger partial charge in [-0.2, -0.15) is 0 Å². The van der Waals surface area contributed by atoms with Crippen LogP contribution in [0.4, 0.5) is 5.69 Å². The molecule has 4 heteroatoms. The predicted molar refractivity (Wildman–Crippen MR) is 102 cm³/mol. The maximum Gasteiger partial charge on any atom is 0.121 e. The molecule has 0 aromatic heterocycles. The van der Waals surface area contributed by atoms with Crippen molar-refractivity contribution in [2.24, 2.45) is 0 Å². The predicted octanol–water partition coefficient (Wildman–Crippen LogP) is 3.62. The first kappa shape index (κ1) is 19.3. The van der Waals surface area contributed by atoms with Crippen LogP contribution in [0, 0.1) is 0 Å². The van der Waals surface area contributed by atoms with Gasteiger partial charge in [0, 0.05) is 38.1 Å². The minimum Gasteiger partial charge on any atom is -0.489 e. The lowest BCUT2D eigenvalue weighted by Gasteiger charge is -2.25. The zero-order valence-corrected chi connectivity index (χ0v) is 14.8. The average molecular weight is 343 g/mol. The monoisotopic (exact) mass is 343 g/mol. The van der Waals surface area contributed by atoms with Crippen molar-refractivity contribution in [3.05, 3.63) is 60.2 Å². The largest absolute Gasteiger partial charge is 0.489 e. The molecule has 0 amide bonds. The van der Waals surface area contributed by atoms with Gasteiger partial charge >= 0.3 is 0 Å². The molecule has 25 heavy (non-hydrogen) atoms. The van der Waals surface area contributed by atoms with Crippen LogP contribution in [0.2, 0.25) is 0 Å². The van der Waals surface area contributed by atoms with E-state index in [1.54, 1.807) is 0 Å². The number of unbranched alkanes of at least 4 members (excludes halogenated alkanes) is 2. The molecule has 0 spiro atoms. The number of aliphatic hydroxyl groups is 2. The van der Waals surface area contributed by atoms with Gasteiger partial charge in [0.2, 0.25) is 0 Å². The van der Waals surface area contributed by atoms with Crippen LogP contribution in [0.1, 0.15) is 31.2 Å². The molecular formula is C21H29NO3. The number of anilines is 1. The van der Waals surface area contributed by atoms with Crippen molar-refractivity contribution in [2.75, 3.05) is 31.2 Å². The zero-order chi connectivity index (χ0) is 17.7. The second-order valence-electron chi connectivity index (χ2n) is 6.12. The summed E-state index contributed by atoms with van der Waals surface area (Å²) in [6.07, 6.45) is 3.51. The Morgan fingerprint density at radius 1 is 0.760 bits per heavy atom. The Morgan fingerprint density at radius 3 is 2.08 bits per heavy atom. The highest BCUT2D eigenvalue weighted by Crippen LogP contribution is 2.23. The second kappa shape index (κ2) is 11.5. The van der Waals surface area contributed by atoms with Gasteiger partial charge in [0.15, 0.2) is 0 Å². The van der Waals surface area contributed by atoms with Crippen molar-refractivity contribution < 1.29 is 14.9 Å². The third-order valence-corrected chi connectivity index (χ3v) is 4.10. The van der Waals surface area contributed by atoms with Crippen LogP contribution in [0.5, 0.6) is 5.75 Å². The van der Waals surface area contributed by atoms with Gasteiger partial charge in [0.1, 0.15) is 12.4 Å². The molecule has 2 aromatic rings. The highest BCUT2D eigenvalue weighted by molar-refractivity contribution is 5.50. The van der Waals surface area contributed by atoms with E-state index in [0.29, 0.717) is 6.61 Å². The number of benzene rings is 2. The molecule has 0 heterocycles. The topological polar surface area (TPSA) is 52.9 Å². The molecule has 0 fully saturated rings. The van der Waals surface area contributed by atoms with Gasteiger partial charge in [-0.3, -0.25) is 0 Å². The van der Waals surface area contributed by atoms with Gasteiger partial charge in [-0.25, -0.2) is 0 Å². The summed E-state index contributed by atoms with van der Waals surface area (Å²) >= 11 is 0. The summed E-state index contributed by atoms with van der Waals surface area (Å²) in [5.74, 6) is 0.857. The Kier molecular flexibility index (Phi) is 8.87. The van der Waals surface area contributed by atoms with E-state index in [1.807, 2.05) is 30.3 Å². The van der Waals surface area contributed by atoms with Crippen molar-refractivity contribution in [2.45, 2.75) is 32.3 Å². The quantitative estimate of drug-likeness (QED) is 0.578. The van der Waals surface area contributed by atoms with Crippen molar-refractivity contribution in [1.29, 1.82) is 0 Å². The van der Waals surface area contributed by atoms with E-state index in [0.717, 1.165) is 55.8 Å². The van der Waals surface area contributed by atoms with Crippen molar-refractivity contribution in [1.82, 2.24) is 0 Å². The van der Waals surface area contributed by atoms with Crippen LogP contribution in [-0.2, 0) is 6.61 Å². The lowest BCUT2D eigenvalue weighted by Crippen LogP contribution is -2.26. The molecule has 2 aromatic carbocycles. The second-order valence-corrected chi connectivity index (χ2v) is 6.12. The smallest absolute Gasteiger partial charge is 0.121 e. The lowest BCUT2D eigenvalue weighted by molar-refractivity contribution is 0.282. The van der Waals surface area contributed by atoms with E-state index in [9.17, 15) is 0 Å². The van der Waals surface area contributed by atoms with E-state index in [1.165, 1.54) is 0 Å².